The summed E-state index contributed by atoms with van der Waals surface area (Å²) in [5, 5.41) is 3.10. The minimum Gasteiger partial charge on any atom is -0.464 e. The lowest BCUT2D eigenvalue weighted by atomic mass is 10.1. The smallest absolute Gasteiger partial charge is 0.117 e. The molecule has 3 rings (SSSR count). The number of furan rings is 1. The number of nitrogens with one attached hydrogen (secondary N) is 1. The lowest BCUT2D eigenvalue weighted by Crippen LogP contribution is -2.03. The van der Waals surface area contributed by atoms with Gasteiger partial charge < -0.3 is 9.73 Å². The minimum absolute atomic E-state index is 0.795. The molecule has 0 unspecified atom stereocenters. The van der Waals surface area contributed by atoms with Crippen molar-refractivity contribution in [3.8, 4) is 0 Å². The zero-order valence-electron chi connectivity index (χ0n) is 11.2. The number of fused-ring (bicyclic) bond motifs is 1. The molecular weight excluding hydrogens is 254 g/mol. The first kappa shape index (κ1) is 12.8. The molecule has 0 saturated carbocycles. The monoisotopic (exact) mass is 273 g/mol. The summed E-state index contributed by atoms with van der Waals surface area (Å²) in [6, 6.07) is 11.0. The van der Waals surface area contributed by atoms with Crippen molar-refractivity contribution in [2.45, 2.75) is 36.5 Å². The number of rotatable bonds is 5. The second-order valence-corrected chi connectivity index (χ2v) is 6.02. The Morgan fingerprint density at radius 1 is 1.11 bits per heavy atom. The van der Waals surface area contributed by atoms with E-state index in [9.17, 15) is 0 Å². The fraction of sp³-hybridized carbons (Fsp3) is 0.375. The number of thioether (sulfide) groups is 1. The summed E-state index contributed by atoms with van der Waals surface area (Å²) in [7, 11) is 1.93. The summed E-state index contributed by atoms with van der Waals surface area (Å²) < 4.78 is 5.76. The summed E-state index contributed by atoms with van der Waals surface area (Å²) in [6.45, 7) is 0.795. The van der Waals surface area contributed by atoms with E-state index in [-0.39, 0.29) is 0 Å². The lowest BCUT2D eigenvalue weighted by Gasteiger charge is -2.03. The van der Waals surface area contributed by atoms with Gasteiger partial charge in [-0.1, -0.05) is 6.07 Å². The fourth-order valence-corrected chi connectivity index (χ4v) is 3.42. The number of benzene rings is 1. The highest BCUT2D eigenvalue weighted by molar-refractivity contribution is 7.98. The average molecular weight is 273 g/mol. The van der Waals surface area contributed by atoms with E-state index < -0.39 is 0 Å². The molecule has 1 heterocycles. The Labute approximate surface area is 118 Å². The van der Waals surface area contributed by atoms with Crippen molar-refractivity contribution >= 4 is 11.8 Å². The highest BCUT2D eigenvalue weighted by Crippen LogP contribution is 2.29. The van der Waals surface area contributed by atoms with Crippen LogP contribution in [0.1, 0.15) is 29.1 Å². The molecule has 100 valence electrons. The van der Waals surface area contributed by atoms with Gasteiger partial charge in [0.2, 0.25) is 0 Å². The van der Waals surface area contributed by atoms with E-state index >= 15 is 0 Å². The van der Waals surface area contributed by atoms with Crippen LogP contribution >= 0.6 is 11.8 Å². The fourth-order valence-electron chi connectivity index (χ4n) is 2.56. The Hall–Kier alpha value is -1.19. The first-order valence-electron chi connectivity index (χ1n) is 6.82. The Morgan fingerprint density at radius 3 is 2.84 bits per heavy atom. The molecule has 2 aromatic rings. The second kappa shape index (κ2) is 5.85. The molecule has 0 atom stereocenters. The zero-order chi connectivity index (χ0) is 13.1. The maximum Gasteiger partial charge on any atom is 0.117 e. The summed E-state index contributed by atoms with van der Waals surface area (Å²) >= 11 is 1.86. The van der Waals surface area contributed by atoms with Crippen LogP contribution in [0.5, 0.6) is 0 Å². The summed E-state index contributed by atoms with van der Waals surface area (Å²) in [6.07, 6.45) is 3.82. The summed E-state index contributed by atoms with van der Waals surface area (Å²) in [5.41, 5.74) is 3.08. The second-order valence-electron chi connectivity index (χ2n) is 4.97. The van der Waals surface area contributed by atoms with Crippen molar-refractivity contribution in [2.24, 2.45) is 0 Å². The van der Waals surface area contributed by atoms with Gasteiger partial charge in [0.25, 0.3) is 0 Å². The van der Waals surface area contributed by atoms with Gasteiger partial charge in [-0.3, -0.25) is 0 Å². The van der Waals surface area contributed by atoms with Crippen molar-refractivity contribution in [1.82, 2.24) is 5.32 Å². The molecule has 0 spiro atoms. The van der Waals surface area contributed by atoms with Crippen LogP contribution in [0.3, 0.4) is 0 Å². The standard InChI is InChI=1S/C16H19NOS/c1-17-10-14-6-7-15(18-14)11-19-16-8-5-12-3-2-4-13(12)9-16/h5-9,17H,2-4,10-11H2,1H3. The van der Waals surface area contributed by atoms with Crippen LogP contribution in [0.2, 0.25) is 0 Å². The topological polar surface area (TPSA) is 25.2 Å². The van der Waals surface area contributed by atoms with Gasteiger partial charge in [0.1, 0.15) is 11.5 Å². The third-order valence-corrected chi connectivity index (χ3v) is 4.54. The molecule has 0 bridgehead atoms. The quantitative estimate of drug-likeness (QED) is 0.839. The molecule has 0 saturated heterocycles. The predicted molar refractivity (Wildman–Crippen MR) is 79.5 cm³/mol. The van der Waals surface area contributed by atoms with Crippen LogP contribution < -0.4 is 5.32 Å². The van der Waals surface area contributed by atoms with Gasteiger partial charge in [-0.05, 0) is 61.7 Å². The molecule has 1 N–H and O–H groups in total. The number of aryl methyl sites for hydroxylation is 2. The van der Waals surface area contributed by atoms with E-state index in [1.54, 1.807) is 11.1 Å². The first-order chi connectivity index (χ1) is 9.35. The Kier molecular flexibility index (Phi) is 3.95. The van der Waals surface area contributed by atoms with Gasteiger partial charge in [0.05, 0.1) is 12.3 Å². The molecular formula is C16H19NOS. The van der Waals surface area contributed by atoms with E-state index in [0.717, 1.165) is 23.8 Å². The molecule has 1 aliphatic carbocycles. The summed E-state index contributed by atoms with van der Waals surface area (Å²) in [4.78, 5) is 1.35. The van der Waals surface area contributed by atoms with Crippen LogP contribution in [-0.2, 0) is 25.1 Å². The Morgan fingerprint density at radius 2 is 1.95 bits per heavy atom. The molecule has 3 heteroatoms. The SMILES string of the molecule is CNCc1ccc(CSc2ccc3c(c2)CCC3)o1. The molecule has 0 amide bonds. The molecule has 0 radical (unpaired) electrons. The molecule has 2 nitrogen and oxygen atoms in total. The number of hydrogen-bond acceptors (Lipinski definition) is 3. The van der Waals surface area contributed by atoms with Crippen LogP contribution in [0.4, 0.5) is 0 Å². The molecule has 1 aromatic heterocycles. The maximum atomic E-state index is 5.76. The minimum atomic E-state index is 0.795. The highest BCUT2D eigenvalue weighted by atomic mass is 32.2. The molecule has 19 heavy (non-hydrogen) atoms. The first-order valence-corrected chi connectivity index (χ1v) is 7.80. The highest BCUT2D eigenvalue weighted by Gasteiger charge is 2.11. The Bertz CT molecular complexity index is 562. The van der Waals surface area contributed by atoms with Gasteiger partial charge in [0, 0.05) is 4.90 Å². The predicted octanol–water partition coefficient (Wildman–Crippen LogP) is 3.78. The van der Waals surface area contributed by atoms with E-state index in [1.165, 1.54) is 24.2 Å². The van der Waals surface area contributed by atoms with Crippen LogP contribution in [0.25, 0.3) is 0 Å². The van der Waals surface area contributed by atoms with Gasteiger partial charge in [0.15, 0.2) is 0 Å². The number of hydrogen-bond donors (Lipinski definition) is 1. The van der Waals surface area contributed by atoms with Crippen molar-refractivity contribution < 1.29 is 4.42 Å². The largest absolute Gasteiger partial charge is 0.464 e. The average Bonchev–Trinajstić information content (AvgIpc) is 3.04. The molecule has 0 fully saturated rings. The van der Waals surface area contributed by atoms with Crippen molar-refractivity contribution in [3.05, 3.63) is 53.0 Å². The lowest BCUT2D eigenvalue weighted by molar-refractivity contribution is 0.469. The zero-order valence-corrected chi connectivity index (χ0v) is 12.1. The van der Waals surface area contributed by atoms with Gasteiger partial charge in [-0.2, -0.15) is 0 Å². The van der Waals surface area contributed by atoms with E-state index in [0.29, 0.717) is 0 Å². The maximum absolute atomic E-state index is 5.76. The van der Waals surface area contributed by atoms with Gasteiger partial charge >= 0.3 is 0 Å². The third-order valence-electron chi connectivity index (χ3n) is 3.52. The van der Waals surface area contributed by atoms with Crippen LogP contribution in [0, 0.1) is 0 Å². The van der Waals surface area contributed by atoms with E-state index in [1.807, 2.05) is 18.8 Å². The molecule has 1 aromatic carbocycles. The van der Waals surface area contributed by atoms with Gasteiger partial charge in [-0.15, -0.1) is 11.8 Å². The van der Waals surface area contributed by atoms with Crippen LogP contribution in [0.15, 0.2) is 39.6 Å². The molecule has 0 aliphatic heterocycles. The van der Waals surface area contributed by atoms with Crippen molar-refractivity contribution in [3.63, 3.8) is 0 Å². The van der Waals surface area contributed by atoms with E-state index in [4.69, 9.17) is 4.42 Å². The molecule has 1 aliphatic rings. The Balaban J connectivity index is 1.62. The summed E-state index contributed by atoms with van der Waals surface area (Å²) in [5.74, 6) is 2.96. The normalized spacial score (nSPS) is 13.7. The van der Waals surface area contributed by atoms with Crippen LogP contribution in [-0.4, -0.2) is 7.05 Å². The van der Waals surface area contributed by atoms with Gasteiger partial charge in [-0.25, -0.2) is 0 Å². The third kappa shape index (κ3) is 3.04. The van der Waals surface area contributed by atoms with E-state index in [2.05, 4.69) is 35.6 Å². The van der Waals surface area contributed by atoms with Crippen molar-refractivity contribution in [2.75, 3.05) is 7.05 Å². The van der Waals surface area contributed by atoms with Crippen molar-refractivity contribution in [1.29, 1.82) is 0 Å².